The SMILES string of the molecule is N#Cc1cccc(CN2CCOCC2CC(O)c2ccccc2)c1. The normalized spacial score (nSPS) is 19.6. The van der Waals surface area contributed by atoms with E-state index in [0.29, 0.717) is 25.2 Å². The number of rotatable bonds is 5. The van der Waals surface area contributed by atoms with Crippen molar-refractivity contribution < 1.29 is 9.84 Å². The lowest BCUT2D eigenvalue weighted by molar-refractivity contribution is -0.0300. The summed E-state index contributed by atoms with van der Waals surface area (Å²) in [5.41, 5.74) is 2.74. The average molecular weight is 322 g/mol. The topological polar surface area (TPSA) is 56.5 Å². The van der Waals surface area contributed by atoms with Gasteiger partial charge >= 0.3 is 0 Å². The van der Waals surface area contributed by atoms with Gasteiger partial charge in [0.2, 0.25) is 0 Å². The molecular formula is C20H22N2O2. The molecule has 1 N–H and O–H groups in total. The summed E-state index contributed by atoms with van der Waals surface area (Å²) in [6.45, 7) is 2.94. The molecule has 0 saturated carbocycles. The Morgan fingerprint density at radius 1 is 1.21 bits per heavy atom. The van der Waals surface area contributed by atoms with Gasteiger partial charge in [-0.3, -0.25) is 4.90 Å². The third kappa shape index (κ3) is 4.21. The smallest absolute Gasteiger partial charge is 0.0991 e. The zero-order valence-corrected chi connectivity index (χ0v) is 13.6. The number of benzene rings is 2. The largest absolute Gasteiger partial charge is 0.388 e. The van der Waals surface area contributed by atoms with Gasteiger partial charge in [0.15, 0.2) is 0 Å². The van der Waals surface area contributed by atoms with E-state index in [-0.39, 0.29) is 6.04 Å². The van der Waals surface area contributed by atoms with E-state index in [9.17, 15) is 5.11 Å². The van der Waals surface area contributed by atoms with Crippen molar-refractivity contribution in [2.75, 3.05) is 19.8 Å². The van der Waals surface area contributed by atoms with Crippen LogP contribution in [0.3, 0.4) is 0 Å². The molecule has 1 heterocycles. The summed E-state index contributed by atoms with van der Waals surface area (Å²) in [4.78, 5) is 2.34. The van der Waals surface area contributed by atoms with E-state index in [1.165, 1.54) is 0 Å². The van der Waals surface area contributed by atoms with Crippen LogP contribution in [-0.4, -0.2) is 35.8 Å². The molecule has 1 fully saturated rings. The van der Waals surface area contributed by atoms with Crippen molar-refractivity contribution in [1.29, 1.82) is 5.26 Å². The highest BCUT2D eigenvalue weighted by Crippen LogP contribution is 2.23. The third-order valence-electron chi connectivity index (χ3n) is 4.47. The second-order valence-corrected chi connectivity index (χ2v) is 6.17. The number of morpholine rings is 1. The molecule has 2 aromatic carbocycles. The van der Waals surface area contributed by atoms with Gasteiger partial charge in [0.25, 0.3) is 0 Å². The van der Waals surface area contributed by atoms with Crippen LogP contribution in [0.1, 0.15) is 29.2 Å². The molecule has 0 aromatic heterocycles. The molecule has 0 aliphatic carbocycles. The van der Waals surface area contributed by atoms with Crippen molar-refractivity contribution in [3.8, 4) is 6.07 Å². The Balaban J connectivity index is 1.68. The van der Waals surface area contributed by atoms with Crippen molar-refractivity contribution in [1.82, 2.24) is 4.90 Å². The summed E-state index contributed by atoms with van der Waals surface area (Å²) in [6.07, 6.45) is 0.146. The fraction of sp³-hybridized carbons (Fsp3) is 0.350. The first-order valence-electron chi connectivity index (χ1n) is 8.30. The molecule has 0 bridgehead atoms. The van der Waals surface area contributed by atoms with E-state index in [4.69, 9.17) is 10.00 Å². The Morgan fingerprint density at radius 3 is 2.83 bits per heavy atom. The van der Waals surface area contributed by atoms with Gasteiger partial charge in [-0.1, -0.05) is 42.5 Å². The molecular weight excluding hydrogens is 300 g/mol. The van der Waals surface area contributed by atoms with Crippen molar-refractivity contribution in [3.05, 3.63) is 71.3 Å². The Morgan fingerprint density at radius 2 is 2.04 bits per heavy atom. The first kappa shape index (κ1) is 16.7. The lowest BCUT2D eigenvalue weighted by Gasteiger charge is -2.36. The van der Waals surface area contributed by atoms with Crippen LogP contribution in [0, 0.1) is 11.3 Å². The zero-order valence-electron chi connectivity index (χ0n) is 13.6. The van der Waals surface area contributed by atoms with E-state index in [1.54, 1.807) is 0 Å². The number of ether oxygens (including phenoxy) is 1. The number of nitrogens with zero attached hydrogens (tertiary/aromatic N) is 2. The van der Waals surface area contributed by atoms with Gasteiger partial charge in [0.1, 0.15) is 0 Å². The molecule has 24 heavy (non-hydrogen) atoms. The first-order chi connectivity index (χ1) is 11.8. The van der Waals surface area contributed by atoms with Crippen molar-refractivity contribution in [2.45, 2.75) is 25.1 Å². The summed E-state index contributed by atoms with van der Waals surface area (Å²) in [5.74, 6) is 0. The van der Waals surface area contributed by atoms with Gasteiger partial charge in [0.05, 0.1) is 31.0 Å². The molecule has 1 aliphatic rings. The summed E-state index contributed by atoms with van der Waals surface area (Å²) >= 11 is 0. The van der Waals surface area contributed by atoms with E-state index >= 15 is 0 Å². The fourth-order valence-electron chi connectivity index (χ4n) is 3.16. The molecule has 0 amide bonds. The third-order valence-corrected chi connectivity index (χ3v) is 4.47. The minimum absolute atomic E-state index is 0.166. The quantitative estimate of drug-likeness (QED) is 0.919. The average Bonchev–Trinajstić information content (AvgIpc) is 2.64. The molecule has 1 saturated heterocycles. The van der Waals surface area contributed by atoms with Crippen LogP contribution < -0.4 is 0 Å². The highest BCUT2D eigenvalue weighted by molar-refractivity contribution is 5.32. The van der Waals surface area contributed by atoms with Crippen LogP contribution in [0.15, 0.2) is 54.6 Å². The van der Waals surface area contributed by atoms with Gasteiger partial charge in [-0.2, -0.15) is 5.26 Å². The fourth-order valence-corrected chi connectivity index (χ4v) is 3.16. The van der Waals surface area contributed by atoms with Gasteiger partial charge in [-0.05, 0) is 29.7 Å². The number of aliphatic hydroxyl groups is 1. The maximum Gasteiger partial charge on any atom is 0.0991 e. The van der Waals surface area contributed by atoms with Crippen LogP contribution in [0.5, 0.6) is 0 Å². The zero-order chi connectivity index (χ0) is 16.8. The molecule has 3 rings (SSSR count). The van der Waals surface area contributed by atoms with E-state index in [0.717, 1.165) is 24.2 Å². The molecule has 1 aliphatic heterocycles. The number of hydrogen-bond acceptors (Lipinski definition) is 4. The van der Waals surface area contributed by atoms with Crippen molar-refractivity contribution in [2.24, 2.45) is 0 Å². The summed E-state index contributed by atoms with van der Waals surface area (Å²) < 4.78 is 5.63. The lowest BCUT2D eigenvalue weighted by atomic mass is 10.00. The molecule has 4 heteroatoms. The van der Waals surface area contributed by atoms with Gasteiger partial charge in [-0.25, -0.2) is 0 Å². The standard InChI is InChI=1S/C20H22N2O2/c21-13-16-5-4-6-17(11-16)14-22-9-10-24-15-19(22)12-20(23)18-7-2-1-3-8-18/h1-8,11,19-20,23H,9-10,12,14-15H2. The molecule has 124 valence electrons. The summed E-state index contributed by atoms with van der Waals surface area (Å²) in [5, 5.41) is 19.6. The molecule has 2 aromatic rings. The predicted octanol–water partition coefficient (Wildman–Crippen LogP) is 2.88. The van der Waals surface area contributed by atoms with E-state index in [2.05, 4.69) is 11.0 Å². The summed E-state index contributed by atoms with van der Waals surface area (Å²) in [6, 6.07) is 19.8. The Kier molecular flexibility index (Phi) is 5.60. The van der Waals surface area contributed by atoms with Crippen LogP contribution in [0.25, 0.3) is 0 Å². The van der Waals surface area contributed by atoms with Gasteiger partial charge in [-0.15, -0.1) is 0 Å². The van der Waals surface area contributed by atoms with Crippen molar-refractivity contribution >= 4 is 0 Å². The molecule has 0 spiro atoms. The number of aliphatic hydroxyl groups excluding tert-OH is 1. The minimum atomic E-state index is -0.495. The molecule has 2 unspecified atom stereocenters. The van der Waals surface area contributed by atoms with Crippen molar-refractivity contribution in [3.63, 3.8) is 0 Å². The van der Waals surface area contributed by atoms with Crippen LogP contribution in [0.2, 0.25) is 0 Å². The summed E-state index contributed by atoms with van der Waals surface area (Å²) in [7, 11) is 0. The van der Waals surface area contributed by atoms with Gasteiger partial charge in [0, 0.05) is 19.1 Å². The van der Waals surface area contributed by atoms with Crippen LogP contribution >= 0.6 is 0 Å². The first-order valence-corrected chi connectivity index (χ1v) is 8.30. The monoisotopic (exact) mass is 322 g/mol. The lowest BCUT2D eigenvalue weighted by Crippen LogP contribution is -2.45. The second kappa shape index (κ2) is 8.07. The maximum atomic E-state index is 10.5. The Hall–Kier alpha value is -2.19. The number of hydrogen-bond donors (Lipinski definition) is 1. The predicted molar refractivity (Wildman–Crippen MR) is 92.2 cm³/mol. The molecule has 0 radical (unpaired) electrons. The van der Waals surface area contributed by atoms with Gasteiger partial charge < -0.3 is 9.84 Å². The maximum absolute atomic E-state index is 10.5. The van der Waals surface area contributed by atoms with Crippen LogP contribution in [-0.2, 0) is 11.3 Å². The Labute approximate surface area is 142 Å². The van der Waals surface area contributed by atoms with E-state index in [1.807, 2.05) is 54.6 Å². The molecule has 4 nitrogen and oxygen atoms in total. The van der Waals surface area contributed by atoms with Crippen LogP contribution in [0.4, 0.5) is 0 Å². The highest BCUT2D eigenvalue weighted by atomic mass is 16.5. The molecule has 2 atom stereocenters. The number of nitriles is 1. The minimum Gasteiger partial charge on any atom is -0.388 e. The van der Waals surface area contributed by atoms with E-state index < -0.39 is 6.10 Å². The Bertz CT molecular complexity index is 696. The highest BCUT2D eigenvalue weighted by Gasteiger charge is 2.26. The second-order valence-electron chi connectivity index (χ2n) is 6.17.